The molecule has 3 nitrogen and oxygen atoms in total. The first kappa shape index (κ1) is 10.2. The van der Waals surface area contributed by atoms with Crippen molar-refractivity contribution in [3.8, 4) is 0 Å². The number of hydrogen-bond acceptors (Lipinski definition) is 1. The number of urea groups is 1. The van der Waals surface area contributed by atoms with Crippen molar-refractivity contribution in [2.24, 2.45) is 0 Å². The van der Waals surface area contributed by atoms with Crippen molar-refractivity contribution in [1.29, 1.82) is 0 Å². The molecule has 5 heteroatoms. The van der Waals surface area contributed by atoms with Crippen LogP contribution in [0.4, 0.5) is 14.9 Å². The molecule has 1 N–H and O–H groups in total. The van der Waals surface area contributed by atoms with Gasteiger partial charge in [0.2, 0.25) is 0 Å². The fourth-order valence-corrected chi connectivity index (χ4v) is 1.70. The molecule has 1 aromatic carbocycles. The third-order valence-corrected chi connectivity index (χ3v) is 2.58. The van der Waals surface area contributed by atoms with Gasteiger partial charge in [0.05, 0.1) is 5.02 Å². The second kappa shape index (κ2) is 4.06. The average molecular weight is 229 g/mol. The van der Waals surface area contributed by atoms with Gasteiger partial charge in [-0.25, -0.2) is 9.18 Å². The van der Waals surface area contributed by atoms with Gasteiger partial charge in [-0.1, -0.05) is 11.6 Å². The summed E-state index contributed by atoms with van der Waals surface area (Å²) < 4.78 is 12.9. The zero-order chi connectivity index (χ0) is 10.8. The van der Waals surface area contributed by atoms with Crippen LogP contribution in [0.2, 0.25) is 5.02 Å². The summed E-state index contributed by atoms with van der Waals surface area (Å²) in [5, 5.41) is 2.75. The van der Waals surface area contributed by atoms with Crippen molar-refractivity contribution < 1.29 is 9.18 Å². The zero-order valence-electron chi connectivity index (χ0n) is 7.96. The first-order valence-electron chi connectivity index (χ1n) is 4.69. The maximum absolute atomic E-state index is 12.9. The minimum atomic E-state index is -0.474. The van der Waals surface area contributed by atoms with Crippen LogP contribution in [0.25, 0.3) is 0 Å². The zero-order valence-corrected chi connectivity index (χ0v) is 8.72. The van der Waals surface area contributed by atoms with E-state index in [2.05, 4.69) is 5.32 Å². The quantitative estimate of drug-likeness (QED) is 0.787. The lowest BCUT2D eigenvalue weighted by Crippen LogP contribution is -2.46. The van der Waals surface area contributed by atoms with Gasteiger partial charge in [-0.3, -0.25) is 4.90 Å². The SMILES string of the molecule is O=C1NCCCN1c1ccc(F)c(Cl)c1. The number of anilines is 1. The van der Waals surface area contributed by atoms with Crippen LogP contribution in [0.5, 0.6) is 0 Å². The first-order chi connectivity index (χ1) is 7.18. The smallest absolute Gasteiger partial charge is 0.321 e. The Kier molecular flexibility index (Phi) is 2.77. The Morgan fingerprint density at radius 1 is 1.47 bits per heavy atom. The molecular formula is C10H10ClFN2O. The van der Waals surface area contributed by atoms with E-state index in [1.165, 1.54) is 12.1 Å². The highest BCUT2D eigenvalue weighted by Gasteiger charge is 2.19. The highest BCUT2D eigenvalue weighted by atomic mass is 35.5. The van der Waals surface area contributed by atoms with Crippen LogP contribution in [0.3, 0.4) is 0 Å². The van der Waals surface area contributed by atoms with E-state index in [9.17, 15) is 9.18 Å². The predicted octanol–water partition coefficient (Wildman–Crippen LogP) is 2.40. The van der Waals surface area contributed by atoms with E-state index in [1.54, 1.807) is 11.0 Å². The summed E-state index contributed by atoms with van der Waals surface area (Å²) in [4.78, 5) is 13.0. The molecule has 0 aromatic heterocycles. The van der Waals surface area contributed by atoms with Gasteiger partial charge < -0.3 is 5.32 Å². The molecule has 1 aliphatic heterocycles. The largest absolute Gasteiger partial charge is 0.338 e. The fourth-order valence-electron chi connectivity index (χ4n) is 1.53. The minimum absolute atomic E-state index is 0.0332. The van der Waals surface area contributed by atoms with E-state index in [0.29, 0.717) is 18.8 Å². The van der Waals surface area contributed by atoms with Crippen LogP contribution in [0, 0.1) is 5.82 Å². The second-order valence-corrected chi connectivity index (χ2v) is 3.74. The molecule has 0 spiro atoms. The van der Waals surface area contributed by atoms with Crippen LogP contribution in [-0.4, -0.2) is 19.1 Å². The van der Waals surface area contributed by atoms with Crippen LogP contribution in [0.15, 0.2) is 18.2 Å². The molecule has 1 saturated heterocycles. The van der Waals surface area contributed by atoms with E-state index < -0.39 is 5.82 Å². The predicted molar refractivity (Wildman–Crippen MR) is 56.8 cm³/mol. The average Bonchev–Trinajstić information content (AvgIpc) is 2.23. The summed E-state index contributed by atoms with van der Waals surface area (Å²) in [5.74, 6) is -0.474. The number of nitrogens with zero attached hydrogens (tertiary/aromatic N) is 1. The highest BCUT2D eigenvalue weighted by molar-refractivity contribution is 6.31. The van der Waals surface area contributed by atoms with Gasteiger partial charge in [0.15, 0.2) is 0 Å². The Balaban J connectivity index is 2.28. The Bertz CT molecular complexity index is 397. The van der Waals surface area contributed by atoms with Crippen molar-refractivity contribution in [2.45, 2.75) is 6.42 Å². The molecule has 80 valence electrons. The molecule has 2 rings (SSSR count). The van der Waals surface area contributed by atoms with Crippen LogP contribution in [-0.2, 0) is 0 Å². The number of carbonyl (C=O) groups is 1. The number of nitrogens with one attached hydrogen (secondary N) is 1. The molecule has 1 aromatic rings. The Morgan fingerprint density at radius 3 is 2.93 bits per heavy atom. The molecule has 1 aliphatic rings. The van der Waals surface area contributed by atoms with Gasteiger partial charge in [0.1, 0.15) is 5.82 Å². The molecule has 0 bridgehead atoms. The summed E-state index contributed by atoms with van der Waals surface area (Å²) in [6, 6.07) is 4.11. The monoisotopic (exact) mass is 228 g/mol. The lowest BCUT2D eigenvalue weighted by molar-refractivity contribution is 0.243. The maximum atomic E-state index is 12.9. The van der Waals surface area contributed by atoms with Crippen molar-refractivity contribution in [1.82, 2.24) is 5.32 Å². The van der Waals surface area contributed by atoms with Gasteiger partial charge in [-0.2, -0.15) is 0 Å². The van der Waals surface area contributed by atoms with Crippen molar-refractivity contribution in [2.75, 3.05) is 18.0 Å². The molecule has 0 radical (unpaired) electrons. The number of rotatable bonds is 1. The Morgan fingerprint density at radius 2 is 2.27 bits per heavy atom. The van der Waals surface area contributed by atoms with Gasteiger partial charge >= 0.3 is 6.03 Å². The summed E-state index contributed by atoms with van der Waals surface area (Å²) in [5.41, 5.74) is 0.624. The van der Waals surface area contributed by atoms with Crippen molar-refractivity contribution >= 4 is 23.3 Å². The van der Waals surface area contributed by atoms with Crippen molar-refractivity contribution in [3.63, 3.8) is 0 Å². The molecule has 1 heterocycles. The van der Waals surface area contributed by atoms with E-state index in [-0.39, 0.29) is 11.1 Å². The molecule has 0 atom stereocenters. The second-order valence-electron chi connectivity index (χ2n) is 3.34. The number of benzene rings is 1. The highest BCUT2D eigenvalue weighted by Crippen LogP contribution is 2.23. The molecule has 0 unspecified atom stereocenters. The third-order valence-electron chi connectivity index (χ3n) is 2.29. The lowest BCUT2D eigenvalue weighted by atomic mass is 10.2. The molecular weight excluding hydrogens is 219 g/mol. The minimum Gasteiger partial charge on any atom is -0.338 e. The third kappa shape index (κ3) is 2.04. The fraction of sp³-hybridized carbons (Fsp3) is 0.300. The molecule has 0 aliphatic carbocycles. The summed E-state index contributed by atoms with van der Waals surface area (Å²) in [6.45, 7) is 1.32. The normalized spacial score (nSPS) is 16.4. The molecule has 1 fully saturated rings. The number of hydrogen-bond donors (Lipinski definition) is 1. The van der Waals surface area contributed by atoms with E-state index in [1.807, 2.05) is 0 Å². The van der Waals surface area contributed by atoms with E-state index in [4.69, 9.17) is 11.6 Å². The molecule has 2 amide bonds. The van der Waals surface area contributed by atoms with Gasteiger partial charge in [-0.05, 0) is 24.6 Å². The molecule has 0 saturated carbocycles. The Labute approximate surface area is 91.8 Å². The standard InChI is InChI=1S/C10H10ClFN2O/c11-8-6-7(2-3-9(8)12)14-5-1-4-13-10(14)15/h2-3,6H,1,4-5H2,(H,13,15). The molecule has 15 heavy (non-hydrogen) atoms. The summed E-state index contributed by atoms with van der Waals surface area (Å²) >= 11 is 5.65. The summed E-state index contributed by atoms with van der Waals surface area (Å²) in [7, 11) is 0. The number of halogens is 2. The van der Waals surface area contributed by atoms with Gasteiger partial charge in [0.25, 0.3) is 0 Å². The van der Waals surface area contributed by atoms with Gasteiger partial charge in [0, 0.05) is 18.8 Å². The van der Waals surface area contributed by atoms with Crippen molar-refractivity contribution in [3.05, 3.63) is 29.0 Å². The van der Waals surface area contributed by atoms with Crippen LogP contribution in [0.1, 0.15) is 6.42 Å². The topological polar surface area (TPSA) is 32.3 Å². The number of amides is 2. The van der Waals surface area contributed by atoms with Crippen LogP contribution < -0.4 is 10.2 Å². The first-order valence-corrected chi connectivity index (χ1v) is 5.07. The number of carbonyl (C=O) groups excluding carboxylic acids is 1. The van der Waals surface area contributed by atoms with E-state index >= 15 is 0 Å². The van der Waals surface area contributed by atoms with Crippen LogP contribution >= 0.6 is 11.6 Å². The van der Waals surface area contributed by atoms with Gasteiger partial charge in [-0.15, -0.1) is 0 Å². The Hall–Kier alpha value is -1.29. The lowest BCUT2D eigenvalue weighted by Gasteiger charge is -2.27. The summed E-state index contributed by atoms with van der Waals surface area (Å²) in [6.07, 6.45) is 0.876. The maximum Gasteiger partial charge on any atom is 0.321 e. The van der Waals surface area contributed by atoms with E-state index in [0.717, 1.165) is 6.42 Å².